The molecule has 194 valence electrons. The number of amides is 2. The minimum Gasteiger partial charge on any atom is -0.491 e. The number of nitrogen functional groups attached to an aromatic ring is 1. The van der Waals surface area contributed by atoms with E-state index in [1.54, 1.807) is 66.7 Å². The molecule has 5 N–H and O–H groups in total. The number of ether oxygens (including phenoxy) is 2. The van der Waals surface area contributed by atoms with Crippen molar-refractivity contribution in [2.75, 3.05) is 29.6 Å². The quantitative estimate of drug-likeness (QED) is 0.215. The highest BCUT2D eigenvalue weighted by molar-refractivity contribution is 6.01. The molecule has 37 heavy (non-hydrogen) atoms. The molecular formula is C29H33N3O5. The van der Waals surface area contributed by atoms with Crippen LogP contribution in [0.3, 0.4) is 0 Å². The van der Waals surface area contributed by atoms with Crippen molar-refractivity contribution in [3.63, 3.8) is 0 Å². The van der Waals surface area contributed by atoms with Gasteiger partial charge in [0.1, 0.15) is 18.5 Å². The van der Waals surface area contributed by atoms with Gasteiger partial charge in [0.05, 0.1) is 18.0 Å². The number of aliphatic hydroxyl groups is 1. The maximum atomic E-state index is 12.8. The van der Waals surface area contributed by atoms with Gasteiger partial charge in [-0.2, -0.15) is 0 Å². The maximum Gasteiger partial charge on any atom is 0.412 e. The van der Waals surface area contributed by atoms with Crippen LogP contribution in [-0.4, -0.2) is 30.3 Å². The predicted octanol–water partition coefficient (Wildman–Crippen LogP) is 5.46. The third-order valence-electron chi connectivity index (χ3n) is 5.62. The summed E-state index contributed by atoms with van der Waals surface area (Å²) in [7, 11) is 0. The Bertz CT molecular complexity index is 1220. The van der Waals surface area contributed by atoms with E-state index in [-0.39, 0.29) is 19.1 Å². The Morgan fingerprint density at radius 3 is 2.32 bits per heavy atom. The molecule has 1 atom stereocenters. The number of carbonyl (C=O) groups excluding carboxylic acids is 2. The van der Waals surface area contributed by atoms with Gasteiger partial charge in [-0.15, -0.1) is 0 Å². The molecule has 0 aliphatic carbocycles. The zero-order valence-corrected chi connectivity index (χ0v) is 21.2. The molecule has 0 heterocycles. The zero-order chi connectivity index (χ0) is 26.8. The molecule has 0 aliphatic rings. The molecule has 3 aromatic rings. The number of aliphatic hydroxyl groups excluding tert-OH is 1. The molecule has 0 saturated heterocycles. The largest absolute Gasteiger partial charge is 0.491 e. The van der Waals surface area contributed by atoms with E-state index in [9.17, 15) is 9.59 Å². The number of carbonyl (C=O) groups is 2. The molecule has 0 aliphatic heterocycles. The third-order valence-corrected chi connectivity index (χ3v) is 5.62. The van der Waals surface area contributed by atoms with Crippen LogP contribution in [0.5, 0.6) is 5.75 Å². The lowest BCUT2D eigenvalue weighted by molar-refractivity contribution is -0.112. The average Bonchev–Trinajstić information content (AvgIpc) is 2.88. The summed E-state index contributed by atoms with van der Waals surface area (Å²) in [6, 6.07) is 21.4. The number of hydrogen-bond acceptors (Lipinski definition) is 6. The first-order valence-corrected chi connectivity index (χ1v) is 11.9. The first-order valence-electron chi connectivity index (χ1n) is 11.9. The average molecular weight is 504 g/mol. The van der Waals surface area contributed by atoms with Gasteiger partial charge in [-0.25, -0.2) is 4.79 Å². The Kier molecular flexibility index (Phi) is 9.29. The van der Waals surface area contributed by atoms with Crippen molar-refractivity contribution >= 4 is 29.1 Å². The van der Waals surface area contributed by atoms with E-state index < -0.39 is 17.6 Å². The van der Waals surface area contributed by atoms with Gasteiger partial charge in [0.25, 0.3) is 0 Å². The van der Waals surface area contributed by atoms with Crippen LogP contribution >= 0.6 is 0 Å². The van der Waals surface area contributed by atoms with Crippen LogP contribution in [0.4, 0.5) is 21.9 Å². The molecule has 3 aromatic carbocycles. The first-order chi connectivity index (χ1) is 17.7. The van der Waals surface area contributed by atoms with Crippen molar-refractivity contribution < 1.29 is 24.2 Å². The lowest BCUT2D eigenvalue weighted by Gasteiger charge is -2.31. The predicted molar refractivity (Wildman–Crippen MR) is 145 cm³/mol. The summed E-state index contributed by atoms with van der Waals surface area (Å²) in [6.07, 6.45) is 1.73. The Hall–Kier alpha value is -4.30. The molecule has 0 radical (unpaired) electrons. The highest BCUT2D eigenvalue weighted by Gasteiger charge is 2.32. The lowest BCUT2D eigenvalue weighted by Crippen LogP contribution is -2.28. The fourth-order valence-electron chi connectivity index (χ4n) is 3.61. The summed E-state index contributed by atoms with van der Waals surface area (Å²) in [5.74, 6) is 0.218. The number of nitrogens with one attached hydrogen (secondary N) is 2. The molecule has 0 aromatic heterocycles. The van der Waals surface area contributed by atoms with E-state index in [0.717, 1.165) is 5.56 Å². The second-order valence-corrected chi connectivity index (χ2v) is 9.15. The van der Waals surface area contributed by atoms with Crippen molar-refractivity contribution in [2.24, 2.45) is 5.41 Å². The monoisotopic (exact) mass is 503 g/mol. The van der Waals surface area contributed by atoms with Gasteiger partial charge in [-0.3, -0.25) is 10.1 Å². The fraction of sp³-hybridized carbons (Fsp3) is 0.241. The van der Waals surface area contributed by atoms with Crippen LogP contribution in [0.15, 0.2) is 84.9 Å². The Labute approximate surface area is 217 Å². The zero-order valence-electron chi connectivity index (χ0n) is 21.2. The molecule has 0 fully saturated rings. The highest BCUT2D eigenvalue weighted by atomic mass is 16.6. The molecule has 3 rings (SSSR count). The van der Waals surface area contributed by atoms with Crippen molar-refractivity contribution in [1.82, 2.24) is 0 Å². The third kappa shape index (κ3) is 8.12. The summed E-state index contributed by atoms with van der Waals surface area (Å²) < 4.78 is 11.3. The van der Waals surface area contributed by atoms with Gasteiger partial charge in [0.2, 0.25) is 5.91 Å². The molecule has 0 saturated carbocycles. The van der Waals surface area contributed by atoms with Gasteiger partial charge in [-0.1, -0.05) is 61.9 Å². The maximum absolute atomic E-state index is 12.8. The number of aryl methyl sites for hydroxylation is 1. The molecule has 0 bridgehead atoms. The van der Waals surface area contributed by atoms with Crippen molar-refractivity contribution in [3.8, 4) is 5.75 Å². The molecule has 8 nitrogen and oxygen atoms in total. The van der Waals surface area contributed by atoms with Gasteiger partial charge < -0.3 is 25.6 Å². The standard InChI is InChI=1S/C29H33N3O5/c1-20-8-12-22(13-9-20)31-28(35)37-27(21-10-14-23(15-11-21)36-19-18-33)29(2,3)17-16-26(34)32-25-7-5-4-6-24(25)30/h4-17,27,33H,18-19,30H2,1-3H3,(H,31,35)(H,32,34)/b17-16+/t27-/m0/s1. The topological polar surface area (TPSA) is 123 Å². The minimum atomic E-state index is -0.780. The molecule has 0 spiro atoms. The van der Waals surface area contributed by atoms with Gasteiger partial charge in [-0.05, 0) is 55.0 Å². The number of rotatable bonds is 10. The van der Waals surface area contributed by atoms with Crippen LogP contribution < -0.4 is 21.1 Å². The number of anilines is 3. The van der Waals surface area contributed by atoms with Crippen molar-refractivity contribution in [2.45, 2.75) is 26.9 Å². The Morgan fingerprint density at radius 2 is 1.68 bits per heavy atom. The Balaban J connectivity index is 1.81. The van der Waals surface area contributed by atoms with E-state index in [1.807, 2.05) is 32.9 Å². The summed E-state index contributed by atoms with van der Waals surface area (Å²) >= 11 is 0. The smallest absolute Gasteiger partial charge is 0.412 e. The minimum absolute atomic E-state index is 0.0960. The Morgan fingerprint density at radius 1 is 1.00 bits per heavy atom. The summed E-state index contributed by atoms with van der Waals surface area (Å²) in [4.78, 5) is 25.4. The highest BCUT2D eigenvalue weighted by Crippen LogP contribution is 2.39. The van der Waals surface area contributed by atoms with E-state index in [2.05, 4.69) is 10.6 Å². The SMILES string of the molecule is Cc1ccc(NC(=O)O[C@@H](c2ccc(OCCO)cc2)C(C)(C)/C=C/C(=O)Nc2ccccc2N)cc1. The lowest BCUT2D eigenvalue weighted by atomic mass is 9.82. The number of benzene rings is 3. The van der Waals surface area contributed by atoms with E-state index in [4.69, 9.17) is 20.3 Å². The molecule has 8 heteroatoms. The first kappa shape index (κ1) is 27.3. The van der Waals surface area contributed by atoms with Crippen LogP contribution in [0.25, 0.3) is 0 Å². The van der Waals surface area contributed by atoms with E-state index >= 15 is 0 Å². The summed E-state index contributed by atoms with van der Waals surface area (Å²) in [5.41, 5.74) is 8.49. The molecule has 0 unspecified atom stereocenters. The van der Waals surface area contributed by atoms with Gasteiger partial charge in [0.15, 0.2) is 0 Å². The van der Waals surface area contributed by atoms with E-state index in [1.165, 1.54) is 6.08 Å². The second-order valence-electron chi connectivity index (χ2n) is 9.15. The van der Waals surface area contributed by atoms with Crippen molar-refractivity contribution in [1.29, 1.82) is 0 Å². The van der Waals surface area contributed by atoms with Crippen LogP contribution in [-0.2, 0) is 9.53 Å². The van der Waals surface area contributed by atoms with Gasteiger partial charge in [0, 0.05) is 11.1 Å². The fourth-order valence-corrected chi connectivity index (χ4v) is 3.61. The molecular weight excluding hydrogens is 470 g/mol. The second kappa shape index (κ2) is 12.6. The summed E-state index contributed by atoms with van der Waals surface area (Å²) in [6.45, 7) is 5.78. The van der Waals surface area contributed by atoms with E-state index in [0.29, 0.717) is 28.4 Å². The van der Waals surface area contributed by atoms with Crippen molar-refractivity contribution in [3.05, 3.63) is 96.1 Å². The van der Waals surface area contributed by atoms with Crippen LogP contribution in [0, 0.1) is 12.3 Å². The molecule has 2 amide bonds. The van der Waals surface area contributed by atoms with Crippen LogP contribution in [0.2, 0.25) is 0 Å². The van der Waals surface area contributed by atoms with Crippen LogP contribution in [0.1, 0.15) is 31.1 Å². The number of hydrogen-bond donors (Lipinski definition) is 4. The summed E-state index contributed by atoms with van der Waals surface area (Å²) in [5, 5.41) is 14.5. The van der Waals surface area contributed by atoms with Gasteiger partial charge >= 0.3 is 6.09 Å². The number of para-hydroxylation sites is 2. The normalized spacial score (nSPS) is 12.1. The number of nitrogens with two attached hydrogens (primary N) is 1.